The van der Waals surface area contributed by atoms with Crippen molar-refractivity contribution in [2.75, 3.05) is 0 Å². The summed E-state index contributed by atoms with van der Waals surface area (Å²) in [4.78, 5) is 28.5. The van der Waals surface area contributed by atoms with Crippen molar-refractivity contribution in [3.05, 3.63) is 77.5 Å². The second-order valence-corrected chi connectivity index (χ2v) is 6.21. The number of fused-ring (bicyclic) bond motifs is 1. The van der Waals surface area contributed by atoms with E-state index in [9.17, 15) is 22.8 Å². The summed E-state index contributed by atoms with van der Waals surface area (Å²) >= 11 is 0. The Balaban J connectivity index is 1.79. The highest BCUT2D eigenvalue weighted by Gasteiger charge is 2.31. The van der Waals surface area contributed by atoms with Gasteiger partial charge in [0.15, 0.2) is 0 Å². The lowest BCUT2D eigenvalue weighted by Crippen LogP contribution is -2.46. The number of halogens is 3. The molecule has 3 rings (SSSR count). The van der Waals surface area contributed by atoms with Crippen LogP contribution in [0.5, 0.6) is 0 Å². The number of rotatable bonds is 5. The first kappa shape index (κ1) is 19.3. The van der Waals surface area contributed by atoms with Crippen LogP contribution in [0.4, 0.5) is 13.2 Å². The van der Waals surface area contributed by atoms with E-state index in [1.807, 2.05) is 24.3 Å². The maximum absolute atomic E-state index is 12.8. The maximum atomic E-state index is 12.8. The molecule has 0 aliphatic rings. The summed E-state index contributed by atoms with van der Waals surface area (Å²) in [5, 5.41) is 3.30. The lowest BCUT2D eigenvalue weighted by molar-refractivity contribution is -0.137. The monoisotopic (exact) mass is 387 g/mol. The molecule has 0 saturated heterocycles. The zero-order chi connectivity index (χ0) is 20.3. The van der Waals surface area contributed by atoms with Gasteiger partial charge in [-0.25, -0.2) is 0 Å². The summed E-state index contributed by atoms with van der Waals surface area (Å²) in [5.41, 5.74) is 5.43. The zero-order valence-electron chi connectivity index (χ0n) is 14.5. The number of alkyl halides is 3. The molecule has 8 heteroatoms. The second kappa shape index (κ2) is 7.67. The van der Waals surface area contributed by atoms with E-state index < -0.39 is 29.6 Å². The normalized spacial score (nSPS) is 12.5. The number of para-hydroxylation sites is 1. The predicted molar refractivity (Wildman–Crippen MR) is 97.3 cm³/mol. The summed E-state index contributed by atoms with van der Waals surface area (Å²) < 4.78 is 38.5. The minimum atomic E-state index is -4.58. The van der Waals surface area contributed by atoms with E-state index in [0.29, 0.717) is 11.2 Å². The average Bonchev–Trinajstić information content (AvgIpc) is 2.66. The van der Waals surface area contributed by atoms with Crippen molar-refractivity contribution in [2.24, 2.45) is 5.73 Å². The van der Waals surface area contributed by atoms with Crippen LogP contribution < -0.4 is 11.1 Å². The molecule has 1 aromatic heterocycles. The van der Waals surface area contributed by atoms with Gasteiger partial charge in [0, 0.05) is 23.1 Å². The van der Waals surface area contributed by atoms with E-state index in [1.54, 1.807) is 12.1 Å². The number of pyridine rings is 1. The first-order valence-electron chi connectivity index (χ1n) is 8.36. The molecule has 0 bridgehead atoms. The zero-order valence-corrected chi connectivity index (χ0v) is 14.5. The summed E-state index contributed by atoms with van der Waals surface area (Å²) in [6.45, 7) is 0. The topological polar surface area (TPSA) is 85.1 Å². The highest BCUT2D eigenvalue weighted by Crippen LogP contribution is 2.29. The molecule has 2 amide bonds. The number of carbonyl (C=O) groups excluding carboxylic acids is 2. The number of hydrogen-bond donors (Lipinski definition) is 2. The molecule has 0 saturated carbocycles. The summed E-state index contributed by atoms with van der Waals surface area (Å²) in [6, 6.07) is 13.7. The van der Waals surface area contributed by atoms with E-state index in [0.717, 1.165) is 23.6 Å². The molecule has 5 nitrogen and oxygen atoms in total. The van der Waals surface area contributed by atoms with Crippen molar-refractivity contribution >= 4 is 22.7 Å². The highest BCUT2D eigenvalue weighted by atomic mass is 19.4. The lowest BCUT2D eigenvalue weighted by atomic mass is 10.1. The largest absolute Gasteiger partial charge is 0.416 e. The number of hydrogen-bond acceptors (Lipinski definition) is 3. The molecule has 0 fully saturated rings. The Hall–Kier alpha value is -3.42. The van der Waals surface area contributed by atoms with E-state index in [1.165, 1.54) is 6.07 Å². The van der Waals surface area contributed by atoms with Gasteiger partial charge in [0.2, 0.25) is 5.91 Å². The van der Waals surface area contributed by atoms with Crippen molar-refractivity contribution in [3.8, 4) is 0 Å². The van der Waals surface area contributed by atoms with Crippen LogP contribution in [0.3, 0.4) is 0 Å². The minimum absolute atomic E-state index is 0.0187. The number of carbonyl (C=O) groups is 2. The number of primary amides is 1. The molecule has 1 atom stereocenters. The van der Waals surface area contributed by atoms with Gasteiger partial charge in [-0.3, -0.25) is 14.6 Å². The van der Waals surface area contributed by atoms with Gasteiger partial charge in [-0.2, -0.15) is 13.2 Å². The van der Waals surface area contributed by atoms with E-state index in [4.69, 9.17) is 5.73 Å². The molecule has 0 aliphatic carbocycles. The van der Waals surface area contributed by atoms with Crippen LogP contribution >= 0.6 is 0 Å². The first-order valence-corrected chi connectivity index (χ1v) is 8.36. The molecule has 2 aromatic carbocycles. The quantitative estimate of drug-likeness (QED) is 0.706. The third kappa shape index (κ3) is 4.46. The molecule has 3 N–H and O–H groups in total. The molecular weight excluding hydrogens is 371 g/mol. The van der Waals surface area contributed by atoms with E-state index in [-0.39, 0.29) is 12.0 Å². The second-order valence-electron chi connectivity index (χ2n) is 6.21. The molecule has 144 valence electrons. The van der Waals surface area contributed by atoms with Crippen LogP contribution in [0.25, 0.3) is 10.9 Å². The van der Waals surface area contributed by atoms with Crippen molar-refractivity contribution in [2.45, 2.75) is 18.6 Å². The van der Waals surface area contributed by atoms with Crippen molar-refractivity contribution in [1.29, 1.82) is 0 Å². The van der Waals surface area contributed by atoms with Gasteiger partial charge < -0.3 is 11.1 Å². The Morgan fingerprint density at radius 2 is 1.79 bits per heavy atom. The van der Waals surface area contributed by atoms with Crippen molar-refractivity contribution in [1.82, 2.24) is 10.3 Å². The Bertz CT molecular complexity index is 1030. The number of nitrogens with zero attached hydrogens (tertiary/aromatic N) is 1. The number of aromatic nitrogens is 1. The van der Waals surface area contributed by atoms with Crippen LogP contribution in [0, 0.1) is 0 Å². The average molecular weight is 387 g/mol. The smallest absolute Gasteiger partial charge is 0.368 e. The molecule has 0 unspecified atom stereocenters. The van der Waals surface area contributed by atoms with Gasteiger partial charge >= 0.3 is 6.18 Å². The van der Waals surface area contributed by atoms with Gasteiger partial charge in [-0.1, -0.05) is 30.3 Å². The number of nitrogens with one attached hydrogen (secondary N) is 1. The van der Waals surface area contributed by atoms with Crippen LogP contribution in [0.2, 0.25) is 0 Å². The third-order valence-corrected chi connectivity index (χ3v) is 4.17. The highest BCUT2D eigenvalue weighted by molar-refractivity contribution is 5.97. The first-order chi connectivity index (χ1) is 13.2. The van der Waals surface area contributed by atoms with Crippen LogP contribution in [-0.2, 0) is 17.4 Å². The van der Waals surface area contributed by atoms with Gasteiger partial charge in [0.1, 0.15) is 6.04 Å². The van der Waals surface area contributed by atoms with Crippen LogP contribution in [-0.4, -0.2) is 22.8 Å². The summed E-state index contributed by atoms with van der Waals surface area (Å²) in [6.07, 6.45) is -4.56. The fourth-order valence-corrected chi connectivity index (χ4v) is 2.73. The van der Waals surface area contributed by atoms with E-state index in [2.05, 4.69) is 10.3 Å². The molecule has 0 radical (unpaired) electrons. The van der Waals surface area contributed by atoms with Crippen LogP contribution in [0.1, 0.15) is 21.6 Å². The fraction of sp³-hybridized carbons (Fsp3) is 0.150. The molecule has 1 heterocycles. The van der Waals surface area contributed by atoms with Gasteiger partial charge in [-0.15, -0.1) is 0 Å². The number of benzene rings is 2. The standard InChI is InChI=1S/C20H16F3N3O2/c21-20(22,23)14-6-3-5-13(10-14)19(28)26-17(18(24)27)11-15-9-8-12-4-1-2-7-16(12)25-15/h1-10,17H,11H2,(H2,24,27)(H,26,28)/t17-/m1/s1. The van der Waals surface area contributed by atoms with Gasteiger partial charge in [0.05, 0.1) is 11.1 Å². The van der Waals surface area contributed by atoms with Gasteiger partial charge in [0.25, 0.3) is 5.91 Å². The summed E-state index contributed by atoms with van der Waals surface area (Å²) in [5.74, 6) is -1.63. The molecule has 28 heavy (non-hydrogen) atoms. The van der Waals surface area contributed by atoms with Crippen LogP contribution in [0.15, 0.2) is 60.7 Å². The Kier molecular flexibility index (Phi) is 5.30. The minimum Gasteiger partial charge on any atom is -0.368 e. The van der Waals surface area contributed by atoms with Gasteiger partial charge in [-0.05, 0) is 30.3 Å². The predicted octanol–water partition coefficient (Wildman–Crippen LogP) is 3.08. The van der Waals surface area contributed by atoms with Crippen molar-refractivity contribution < 1.29 is 22.8 Å². The Morgan fingerprint density at radius 1 is 1.04 bits per heavy atom. The molecule has 0 spiro atoms. The van der Waals surface area contributed by atoms with Crippen molar-refractivity contribution in [3.63, 3.8) is 0 Å². The van der Waals surface area contributed by atoms with E-state index >= 15 is 0 Å². The molecule has 3 aromatic rings. The lowest BCUT2D eigenvalue weighted by Gasteiger charge is -2.16. The fourth-order valence-electron chi connectivity index (χ4n) is 2.73. The molecule has 0 aliphatic heterocycles. The molecular formula is C20H16F3N3O2. The number of nitrogens with two attached hydrogens (primary N) is 1. The SMILES string of the molecule is NC(=O)[C@@H](Cc1ccc2ccccc2n1)NC(=O)c1cccc(C(F)(F)F)c1. The Morgan fingerprint density at radius 3 is 2.50 bits per heavy atom. The Labute approximate surface area is 158 Å². The third-order valence-electron chi connectivity index (χ3n) is 4.17. The summed E-state index contributed by atoms with van der Waals surface area (Å²) in [7, 11) is 0. The maximum Gasteiger partial charge on any atom is 0.416 e. The number of amides is 2.